The second kappa shape index (κ2) is 6.72. The quantitative estimate of drug-likeness (QED) is 0.874. The molecule has 0 bridgehead atoms. The normalized spacial score (nSPS) is 26.9. The molecule has 2 fully saturated rings. The summed E-state index contributed by atoms with van der Waals surface area (Å²) in [6.07, 6.45) is 5.62. The molecule has 2 amide bonds. The van der Waals surface area contributed by atoms with Crippen LogP contribution < -0.4 is 5.32 Å². The molecule has 0 unspecified atom stereocenters. The Hall–Kier alpha value is -1.85. The first-order chi connectivity index (χ1) is 11.1. The van der Waals surface area contributed by atoms with Crippen LogP contribution in [0, 0.1) is 11.8 Å². The smallest absolute Gasteiger partial charge is 0.248 e. The molecule has 6 nitrogen and oxygen atoms in total. The number of likely N-dealkylation sites (tertiary alicyclic amines) is 1. The summed E-state index contributed by atoms with van der Waals surface area (Å²) in [4.78, 5) is 27.0. The number of nitrogens with one attached hydrogen (secondary N) is 2. The van der Waals surface area contributed by atoms with Crippen molar-refractivity contribution in [3.63, 3.8) is 0 Å². The second-order valence-corrected chi connectivity index (χ2v) is 6.88. The molecular weight excluding hydrogens is 292 g/mol. The number of aryl methyl sites for hydroxylation is 1. The molecule has 6 heteroatoms. The van der Waals surface area contributed by atoms with E-state index in [0.29, 0.717) is 18.3 Å². The van der Waals surface area contributed by atoms with Gasteiger partial charge in [0, 0.05) is 24.2 Å². The predicted octanol–water partition coefficient (Wildman–Crippen LogP) is 2.34. The maximum Gasteiger partial charge on any atom is 0.248 e. The summed E-state index contributed by atoms with van der Waals surface area (Å²) < 4.78 is 0. The van der Waals surface area contributed by atoms with E-state index in [1.54, 1.807) is 4.90 Å². The summed E-state index contributed by atoms with van der Waals surface area (Å²) in [5, 5.41) is 9.95. The fourth-order valence-corrected chi connectivity index (χ4v) is 3.38. The van der Waals surface area contributed by atoms with E-state index in [1.165, 1.54) is 0 Å². The first kappa shape index (κ1) is 16.0. The molecule has 23 heavy (non-hydrogen) atoms. The maximum atomic E-state index is 12.6. The van der Waals surface area contributed by atoms with Crippen LogP contribution in [0.4, 0.5) is 5.82 Å². The first-order valence-corrected chi connectivity index (χ1v) is 8.75. The van der Waals surface area contributed by atoms with Gasteiger partial charge in [-0.1, -0.05) is 20.3 Å². The third-order valence-electron chi connectivity index (χ3n) is 4.92. The van der Waals surface area contributed by atoms with Gasteiger partial charge in [-0.25, -0.2) is 0 Å². The SMILES string of the molecule is CCCc1cc(NC(=O)[C@@H]2CCCCN2C(=O)[C@@H]2C[C@@H]2C)n[nH]1. The molecule has 3 rings (SSSR count). The summed E-state index contributed by atoms with van der Waals surface area (Å²) in [6.45, 7) is 4.89. The molecule has 126 valence electrons. The Morgan fingerprint density at radius 1 is 1.43 bits per heavy atom. The molecule has 2 heterocycles. The fourth-order valence-electron chi connectivity index (χ4n) is 3.38. The van der Waals surface area contributed by atoms with Crippen LogP contribution in [0.25, 0.3) is 0 Å². The molecule has 1 aliphatic heterocycles. The fraction of sp³-hybridized carbons (Fsp3) is 0.706. The topological polar surface area (TPSA) is 78.1 Å². The molecule has 3 atom stereocenters. The van der Waals surface area contributed by atoms with Crippen molar-refractivity contribution in [1.82, 2.24) is 15.1 Å². The van der Waals surface area contributed by atoms with Crippen molar-refractivity contribution >= 4 is 17.6 Å². The monoisotopic (exact) mass is 318 g/mol. The van der Waals surface area contributed by atoms with Gasteiger partial charge in [-0.2, -0.15) is 5.10 Å². The highest BCUT2D eigenvalue weighted by Gasteiger charge is 2.44. The number of H-pyrrole nitrogens is 1. The van der Waals surface area contributed by atoms with Gasteiger partial charge < -0.3 is 10.2 Å². The summed E-state index contributed by atoms with van der Waals surface area (Å²) in [7, 11) is 0. The predicted molar refractivity (Wildman–Crippen MR) is 87.8 cm³/mol. The number of aromatic amines is 1. The van der Waals surface area contributed by atoms with E-state index in [4.69, 9.17) is 0 Å². The van der Waals surface area contributed by atoms with E-state index in [-0.39, 0.29) is 23.8 Å². The van der Waals surface area contributed by atoms with Gasteiger partial charge in [0.15, 0.2) is 5.82 Å². The number of aromatic nitrogens is 2. The van der Waals surface area contributed by atoms with Crippen molar-refractivity contribution < 1.29 is 9.59 Å². The largest absolute Gasteiger partial charge is 0.330 e. The molecule has 1 aliphatic carbocycles. The summed E-state index contributed by atoms with van der Waals surface area (Å²) >= 11 is 0. The van der Waals surface area contributed by atoms with Gasteiger partial charge in [0.05, 0.1) is 0 Å². The van der Waals surface area contributed by atoms with Crippen molar-refractivity contribution in [3.8, 4) is 0 Å². The van der Waals surface area contributed by atoms with E-state index < -0.39 is 0 Å². The second-order valence-electron chi connectivity index (χ2n) is 6.88. The number of hydrogen-bond acceptors (Lipinski definition) is 3. The number of carbonyl (C=O) groups is 2. The molecule has 0 radical (unpaired) electrons. The van der Waals surface area contributed by atoms with E-state index >= 15 is 0 Å². The Bertz CT molecular complexity index is 583. The van der Waals surface area contributed by atoms with Gasteiger partial charge in [-0.05, 0) is 38.0 Å². The Morgan fingerprint density at radius 2 is 2.22 bits per heavy atom. The third kappa shape index (κ3) is 3.57. The van der Waals surface area contributed by atoms with E-state index in [9.17, 15) is 9.59 Å². The number of carbonyl (C=O) groups excluding carboxylic acids is 2. The van der Waals surface area contributed by atoms with Crippen LogP contribution in [-0.4, -0.2) is 39.5 Å². The highest BCUT2D eigenvalue weighted by Crippen LogP contribution is 2.40. The minimum Gasteiger partial charge on any atom is -0.330 e. The number of piperidine rings is 1. The third-order valence-corrected chi connectivity index (χ3v) is 4.92. The van der Waals surface area contributed by atoms with Crippen molar-refractivity contribution in [2.24, 2.45) is 11.8 Å². The molecule has 1 aromatic heterocycles. The molecule has 1 saturated heterocycles. The van der Waals surface area contributed by atoms with Gasteiger partial charge in [0.2, 0.25) is 11.8 Å². The Labute approximate surface area is 137 Å². The standard InChI is InChI=1S/C17H26N4O2/c1-3-6-12-10-15(20-19-12)18-16(22)14-7-4-5-8-21(14)17(23)13-9-11(13)2/h10-11,13-14H,3-9H2,1-2H3,(H2,18,19,20,22)/t11-,13+,14-/m0/s1. The van der Waals surface area contributed by atoms with Crippen LogP contribution in [0.1, 0.15) is 51.6 Å². The van der Waals surface area contributed by atoms with E-state index in [1.807, 2.05) is 6.07 Å². The lowest BCUT2D eigenvalue weighted by Gasteiger charge is -2.34. The van der Waals surface area contributed by atoms with Gasteiger partial charge >= 0.3 is 0 Å². The first-order valence-electron chi connectivity index (χ1n) is 8.75. The number of anilines is 1. The van der Waals surface area contributed by atoms with E-state index in [2.05, 4.69) is 29.4 Å². The molecule has 2 aliphatic rings. The van der Waals surface area contributed by atoms with Crippen LogP contribution in [0.2, 0.25) is 0 Å². The van der Waals surface area contributed by atoms with Gasteiger partial charge in [-0.15, -0.1) is 0 Å². The molecular formula is C17H26N4O2. The van der Waals surface area contributed by atoms with Crippen molar-refractivity contribution in [3.05, 3.63) is 11.8 Å². The highest BCUT2D eigenvalue weighted by atomic mass is 16.2. The van der Waals surface area contributed by atoms with Gasteiger partial charge in [-0.3, -0.25) is 14.7 Å². The minimum absolute atomic E-state index is 0.110. The molecule has 2 N–H and O–H groups in total. The van der Waals surface area contributed by atoms with Crippen molar-refractivity contribution in [2.75, 3.05) is 11.9 Å². The number of nitrogens with zero attached hydrogens (tertiary/aromatic N) is 2. The Morgan fingerprint density at radius 3 is 2.91 bits per heavy atom. The zero-order valence-corrected chi connectivity index (χ0v) is 14.0. The minimum atomic E-state index is -0.352. The summed E-state index contributed by atoms with van der Waals surface area (Å²) in [5.74, 6) is 1.20. The van der Waals surface area contributed by atoms with Crippen molar-refractivity contribution in [1.29, 1.82) is 0 Å². The average Bonchev–Trinajstić information content (AvgIpc) is 3.12. The number of amides is 2. The lowest BCUT2D eigenvalue weighted by molar-refractivity contribution is -0.141. The Balaban J connectivity index is 1.64. The lowest BCUT2D eigenvalue weighted by atomic mass is 10.0. The molecule has 0 spiro atoms. The number of rotatable bonds is 5. The van der Waals surface area contributed by atoms with Crippen LogP contribution in [0.15, 0.2) is 6.07 Å². The van der Waals surface area contributed by atoms with Crippen LogP contribution >= 0.6 is 0 Å². The highest BCUT2D eigenvalue weighted by molar-refractivity contribution is 5.97. The summed E-state index contributed by atoms with van der Waals surface area (Å²) in [6, 6.07) is 1.52. The average molecular weight is 318 g/mol. The zero-order chi connectivity index (χ0) is 16.4. The van der Waals surface area contributed by atoms with E-state index in [0.717, 1.165) is 44.2 Å². The lowest BCUT2D eigenvalue weighted by Crippen LogP contribution is -2.50. The summed E-state index contributed by atoms with van der Waals surface area (Å²) in [5.41, 5.74) is 1.02. The Kier molecular flexibility index (Phi) is 4.68. The van der Waals surface area contributed by atoms with Crippen LogP contribution in [0.5, 0.6) is 0 Å². The van der Waals surface area contributed by atoms with Crippen LogP contribution in [0.3, 0.4) is 0 Å². The molecule has 1 saturated carbocycles. The molecule has 1 aromatic rings. The zero-order valence-electron chi connectivity index (χ0n) is 14.0. The van der Waals surface area contributed by atoms with Crippen molar-refractivity contribution in [2.45, 2.75) is 58.4 Å². The van der Waals surface area contributed by atoms with Gasteiger partial charge in [0.1, 0.15) is 6.04 Å². The van der Waals surface area contributed by atoms with Crippen LogP contribution in [-0.2, 0) is 16.0 Å². The number of hydrogen-bond donors (Lipinski definition) is 2. The van der Waals surface area contributed by atoms with Gasteiger partial charge in [0.25, 0.3) is 0 Å². The maximum absolute atomic E-state index is 12.6. The molecule has 0 aromatic carbocycles.